The minimum atomic E-state index is -0.500. The van der Waals surface area contributed by atoms with Gasteiger partial charge >= 0.3 is 0 Å². The average Bonchev–Trinajstić information content (AvgIpc) is 2.79. The Morgan fingerprint density at radius 1 is 1.06 bits per heavy atom. The first-order valence-corrected chi connectivity index (χ1v) is 10.5. The first-order chi connectivity index (χ1) is 15.9. The molecule has 33 heavy (non-hydrogen) atoms. The van der Waals surface area contributed by atoms with Crippen molar-refractivity contribution in [1.29, 1.82) is 0 Å². The fraction of sp³-hybridized carbons (Fsp3) is 0.154. The number of pyridine rings is 1. The summed E-state index contributed by atoms with van der Waals surface area (Å²) in [5, 5.41) is 3.83. The van der Waals surface area contributed by atoms with Crippen LogP contribution in [-0.4, -0.2) is 24.2 Å². The van der Waals surface area contributed by atoms with Gasteiger partial charge in [0.1, 0.15) is 11.6 Å². The highest BCUT2D eigenvalue weighted by Gasteiger charge is 2.17. The molecule has 7 heteroatoms. The third-order valence-corrected chi connectivity index (χ3v) is 5.48. The largest absolute Gasteiger partial charge is 0.384 e. The number of aromatic nitrogens is 1. The van der Waals surface area contributed by atoms with Crippen molar-refractivity contribution in [3.05, 3.63) is 94.0 Å². The number of carbonyl (C=O) groups excluding carboxylic acids is 1. The minimum absolute atomic E-state index is 0.186. The molecule has 0 aliphatic heterocycles. The topological polar surface area (TPSA) is 86.3 Å². The number of nitrogens with two attached hydrogens (primary N) is 1. The minimum Gasteiger partial charge on any atom is -0.384 e. The lowest BCUT2D eigenvalue weighted by molar-refractivity contribution is 0.102. The van der Waals surface area contributed by atoms with E-state index in [2.05, 4.69) is 5.32 Å². The zero-order valence-corrected chi connectivity index (χ0v) is 18.4. The smallest absolute Gasteiger partial charge is 0.260 e. The van der Waals surface area contributed by atoms with Crippen LogP contribution in [0, 0.1) is 12.7 Å². The summed E-state index contributed by atoms with van der Waals surface area (Å²) < 4.78 is 20.2. The van der Waals surface area contributed by atoms with Gasteiger partial charge in [0, 0.05) is 29.3 Å². The zero-order valence-electron chi connectivity index (χ0n) is 18.4. The van der Waals surface area contributed by atoms with Gasteiger partial charge in [-0.15, -0.1) is 0 Å². The molecule has 0 saturated heterocycles. The maximum atomic E-state index is 13.5. The van der Waals surface area contributed by atoms with Crippen molar-refractivity contribution in [3.8, 4) is 11.1 Å². The number of halogens is 1. The van der Waals surface area contributed by atoms with E-state index in [1.165, 1.54) is 22.8 Å². The molecule has 0 bridgehead atoms. The van der Waals surface area contributed by atoms with Crippen LogP contribution >= 0.6 is 0 Å². The van der Waals surface area contributed by atoms with E-state index in [0.717, 1.165) is 22.8 Å². The third kappa shape index (κ3) is 4.49. The SMILES string of the molecule is COCCn1c(N)c(-c2cccc(C)c2)c2ccc(NC(=O)c3cccc(F)c3)cc2c1=O. The number of methoxy groups -OCH3 is 1. The fourth-order valence-electron chi connectivity index (χ4n) is 3.89. The van der Waals surface area contributed by atoms with Crippen molar-refractivity contribution < 1.29 is 13.9 Å². The number of carbonyl (C=O) groups is 1. The van der Waals surface area contributed by atoms with E-state index in [4.69, 9.17) is 10.5 Å². The highest BCUT2D eigenvalue weighted by molar-refractivity contribution is 6.07. The summed E-state index contributed by atoms with van der Waals surface area (Å²) in [5.41, 5.74) is 9.51. The normalized spacial score (nSPS) is 11.0. The van der Waals surface area contributed by atoms with Crippen molar-refractivity contribution in [2.45, 2.75) is 13.5 Å². The number of benzene rings is 3. The molecule has 1 heterocycles. The van der Waals surface area contributed by atoms with Gasteiger partial charge in [0.25, 0.3) is 11.5 Å². The van der Waals surface area contributed by atoms with Gasteiger partial charge in [-0.05, 0) is 48.2 Å². The quantitative estimate of drug-likeness (QED) is 0.454. The lowest BCUT2D eigenvalue weighted by Crippen LogP contribution is -2.26. The first-order valence-electron chi connectivity index (χ1n) is 10.5. The number of nitrogen functional groups attached to an aromatic ring is 1. The fourth-order valence-corrected chi connectivity index (χ4v) is 3.89. The molecule has 1 amide bonds. The van der Waals surface area contributed by atoms with Crippen LogP contribution in [0.3, 0.4) is 0 Å². The lowest BCUT2D eigenvalue weighted by atomic mass is 9.97. The number of fused-ring (bicyclic) bond motifs is 1. The Bertz CT molecular complexity index is 1410. The molecule has 4 aromatic rings. The van der Waals surface area contributed by atoms with E-state index in [-0.39, 0.29) is 17.7 Å². The van der Waals surface area contributed by atoms with Crippen LogP contribution in [0.5, 0.6) is 0 Å². The van der Waals surface area contributed by atoms with E-state index < -0.39 is 11.7 Å². The van der Waals surface area contributed by atoms with E-state index in [1.807, 2.05) is 31.2 Å². The number of hydrogen-bond acceptors (Lipinski definition) is 4. The lowest BCUT2D eigenvalue weighted by Gasteiger charge is -2.18. The van der Waals surface area contributed by atoms with Crippen LogP contribution in [0.25, 0.3) is 21.9 Å². The predicted octanol–water partition coefficient (Wildman–Crippen LogP) is 4.60. The summed E-state index contributed by atoms with van der Waals surface area (Å²) >= 11 is 0. The number of aryl methyl sites for hydroxylation is 1. The summed E-state index contributed by atoms with van der Waals surface area (Å²) in [6.07, 6.45) is 0. The molecule has 0 fully saturated rings. The second kappa shape index (κ2) is 9.26. The standard InChI is InChI=1S/C26H24FN3O3/c1-16-5-3-6-17(13-16)23-21-10-9-20(29-25(31)18-7-4-8-19(27)14-18)15-22(21)26(32)30(24(23)28)11-12-33-2/h3-10,13-15H,11-12,28H2,1-2H3,(H,29,31). The molecular formula is C26H24FN3O3. The molecule has 168 valence electrons. The number of ether oxygens (including phenoxy) is 1. The van der Waals surface area contributed by atoms with E-state index >= 15 is 0 Å². The van der Waals surface area contributed by atoms with Gasteiger partial charge in [-0.1, -0.05) is 42.0 Å². The average molecular weight is 445 g/mol. The van der Waals surface area contributed by atoms with Gasteiger partial charge in [-0.25, -0.2) is 4.39 Å². The van der Waals surface area contributed by atoms with Crippen molar-refractivity contribution in [3.63, 3.8) is 0 Å². The number of hydrogen-bond donors (Lipinski definition) is 2. The van der Waals surface area contributed by atoms with Crippen LogP contribution in [0.4, 0.5) is 15.9 Å². The van der Waals surface area contributed by atoms with Crippen LogP contribution in [-0.2, 0) is 11.3 Å². The van der Waals surface area contributed by atoms with Crippen LogP contribution in [0.1, 0.15) is 15.9 Å². The molecule has 6 nitrogen and oxygen atoms in total. The number of rotatable bonds is 6. The van der Waals surface area contributed by atoms with Crippen LogP contribution in [0.15, 0.2) is 71.5 Å². The third-order valence-electron chi connectivity index (χ3n) is 5.48. The van der Waals surface area contributed by atoms with Crippen LogP contribution < -0.4 is 16.6 Å². The maximum absolute atomic E-state index is 13.5. The van der Waals surface area contributed by atoms with Gasteiger partial charge < -0.3 is 15.8 Å². The Hall–Kier alpha value is -3.97. The Labute approximate surface area is 190 Å². The van der Waals surface area contributed by atoms with Crippen molar-refractivity contribution in [1.82, 2.24) is 4.57 Å². The molecule has 3 N–H and O–H groups in total. The molecule has 0 unspecified atom stereocenters. The molecule has 0 saturated carbocycles. The number of anilines is 2. The number of nitrogens with one attached hydrogen (secondary N) is 1. The molecule has 0 atom stereocenters. The van der Waals surface area contributed by atoms with Crippen molar-refractivity contribution in [2.24, 2.45) is 0 Å². The monoisotopic (exact) mass is 445 g/mol. The highest BCUT2D eigenvalue weighted by atomic mass is 19.1. The summed E-state index contributed by atoms with van der Waals surface area (Å²) in [4.78, 5) is 25.9. The molecule has 0 aliphatic carbocycles. The van der Waals surface area contributed by atoms with Crippen molar-refractivity contribution in [2.75, 3.05) is 24.8 Å². The molecular weight excluding hydrogens is 421 g/mol. The van der Waals surface area contributed by atoms with Gasteiger partial charge in [-0.2, -0.15) is 0 Å². The van der Waals surface area contributed by atoms with Crippen LogP contribution in [0.2, 0.25) is 0 Å². The van der Waals surface area contributed by atoms with Crippen molar-refractivity contribution >= 4 is 28.2 Å². The Morgan fingerprint density at radius 3 is 2.58 bits per heavy atom. The summed E-state index contributed by atoms with van der Waals surface area (Å²) in [7, 11) is 1.56. The Morgan fingerprint density at radius 2 is 1.85 bits per heavy atom. The first kappa shape index (κ1) is 22.2. The second-order valence-corrected chi connectivity index (χ2v) is 7.80. The van der Waals surface area contributed by atoms with Gasteiger partial charge in [0.15, 0.2) is 0 Å². The summed E-state index contributed by atoms with van der Waals surface area (Å²) in [5.74, 6) is -0.616. The molecule has 4 rings (SSSR count). The van der Waals surface area contributed by atoms with Gasteiger partial charge in [0.05, 0.1) is 13.2 Å². The Balaban J connectivity index is 1.86. The Kier molecular flexibility index (Phi) is 6.24. The molecule has 1 aromatic heterocycles. The summed E-state index contributed by atoms with van der Waals surface area (Å²) in [6, 6.07) is 18.4. The predicted molar refractivity (Wildman–Crippen MR) is 129 cm³/mol. The maximum Gasteiger partial charge on any atom is 0.260 e. The molecule has 3 aromatic carbocycles. The highest BCUT2D eigenvalue weighted by Crippen LogP contribution is 2.34. The zero-order chi connectivity index (χ0) is 23.5. The number of amides is 1. The van der Waals surface area contributed by atoms with E-state index in [0.29, 0.717) is 28.9 Å². The second-order valence-electron chi connectivity index (χ2n) is 7.80. The molecule has 0 aliphatic rings. The summed E-state index contributed by atoms with van der Waals surface area (Å²) in [6.45, 7) is 2.59. The van der Waals surface area contributed by atoms with E-state index in [1.54, 1.807) is 25.3 Å². The van der Waals surface area contributed by atoms with E-state index in [9.17, 15) is 14.0 Å². The molecule has 0 spiro atoms. The molecule has 0 radical (unpaired) electrons. The van der Waals surface area contributed by atoms with Gasteiger partial charge in [0.2, 0.25) is 0 Å². The van der Waals surface area contributed by atoms with Gasteiger partial charge in [-0.3, -0.25) is 14.2 Å². The number of nitrogens with zero attached hydrogens (tertiary/aromatic N) is 1.